The Labute approximate surface area is 94.4 Å². The van der Waals surface area contributed by atoms with Gasteiger partial charge < -0.3 is 10.5 Å². The van der Waals surface area contributed by atoms with E-state index in [1.54, 1.807) is 6.92 Å². The van der Waals surface area contributed by atoms with Crippen molar-refractivity contribution in [3.05, 3.63) is 35.9 Å². The van der Waals surface area contributed by atoms with Gasteiger partial charge in [0.15, 0.2) is 0 Å². The third-order valence-corrected chi connectivity index (χ3v) is 2.32. The first-order chi connectivity index (χ1) is 7.65. The molecule has 0 fully saturated rings. The minimum absolute atomic E-state index is 0.132. The maximum absolute atomic E-state index is 12.8. The summed E-state index contributed by atoms with van der Waals surface area (Å²) in [5.41, 5.74) is 5.94. The fraction of sp³-hybridized carbons (Fsp3) is 0.417. The predicted octanol–water partition coefficient (Wildman–Crippen LogP) is 1.63. The standard InChI is InChI=1S/C12H16FNO2/c1-9(10-5-3-2-4-6-10)12(15)16-8-11(13)7-14/h2-6,9,11H,7-8,14H2,1H3. The van der Waals surface area contributed by atoms with E-state index < -0.39 is 12.1 Å². The Bertz CT molecular complexity index is 329. The number of alkyl halides is 1. The summed E-state index contributed by atoms with van der Waals surface area (Å²) in [5, 5.41) is 0. The first-order valence-corrected chi connectivity index (χ1v) is 5.21. The maximum Gasteiger partial charge on any atom is 0.313 e. The lowest BCUT2D eigenvalue weighted by atomic mass is 10.0. The molecule has 2 N–H and O–H groups in total. The van der Waals surface area contributed by atoms with Gasteiger partial charge in [-0.25, -0.2) is 4.39 Å². The topological polar surface area (TPSA) is 52.3 Å². The molecular weight excluding hydrogens is 209 g/mol. The van der Waals surface area contributed by atoms with Crippen LogP contribution in [0.15, 0.2) is 30.3 Å². The first kappa shape index (κ1) is 12.6. The third-order valence-electron chi connectivity index (χ3n) is 2.32. The summed E-state index contributed by atoms with van der Waals surface area (Å²) in [6, 6.07) is 9.23. The number of hydrogen-bond donors (Lipinski definition) is 1. The van der Waals surface area contributed by atoms with Gasteiger partial charge in [-0.1, -0.05) is 30.3 Å². The van der Waals surface area contributed by atoms with Crippen molar-refractivity contribution >= 4 is 5.97 Å². The second-order valence-corrected chi connectivity index (χ2v) is 3.60. The van der Waals surface area contributed by atoms with Crippen LogP contribution < -0.4 is 5.73 Å². The van der Waals surface area contributed by atoms with Crippen molar-refractivity contribution in [1.29, 1.82) is 0 Å². The van der Waals surface area contributed by atoms with Gasteiger partial charge in [-0.2, -0.15) is 0 Å². The van der Waals surface area contributed by atoms with Crippen LogP contribution in [0.25, 0.3) is 0 Å². The van der Waals surface area contributed by atoms with Gasteiger partial charge >= 0.3 is 5.97 Å². The van der Waals surface area contributed by atoms with E-state index in [4.69, 9.17) is 10.5 Å². The Balaban J connectivity index is 2.49. The molecule has 0 aromatic heterocycles. The van der Waals surface area contributed by atoms with Crippen molar-refractivity contribution in [1.82, 2.24) is 0 Å². The van der Waals surface area contributed by atoms with E-state index in [9.17, 15) is 9.18 Å². The number of benzene rings is 1. The molecule has 3 nitrogen and oxygen atoms in total. The number of halogens is 1. The van der Waals surface area contributed by atoms with Crippen molar-refractivity contribution in [2.24, 2.45) is 5.73 Å². The largest absolute Gasteiger partial charge is 0.462 e. The Kier molecular flexibility index (Phi) is 4.92. The van der Waals surface area contributed by atoms with Gasteiger partial charge in [0.05, 0.1) is 5.92 Å². The summed E-state index contributed by atoms with van der Waals surface area (Å²) in [7, 11) is 0. The average molecular weight is 225 g/mol. The molecule has 0 aliphatic rings. The van der Waals surface area contributed by atoms with E-state index >= 15 is 0 Å². The van der Waals surface area contributed by atoms with Gasteiger partial charge in [0.2, 0.25) is 0 Å². The quantitative estimate of drug-likeness (QED) is 0.775. The average Bonchev–Trinajstić information content (AvgIpc) is 2.35. The number of nitrogens with two attached hydrogens (primary N) is 1. The molecule has 1 aromatic carbocycles. The Morgan fingerprint density at radius 3 is 2.62 bits per heavy atom. The second-order valence-electron chi connectivity index (χ2n) is 3.60. The van der Waals surface area contributed by atoms with E-state index in [2.05, 4.69) is 0 Å². The first-order valence-electron chi connectivity index (χ1n) is 5.21. The van der Waals surface area contributed by atoms with E-state index in [1.807, 2.05) is 30.3 Å². The molecule has 2 atom stereocenters. The summed E-state index contributed by atoms with van der Waals surface area (Å²) < 4.78 is 17.6. The zero-order chi connectivity index (χ0) is 12.0. The lowest BCUT2D eigenvalue weighted by Crippen LogP contribution is -2.24. The molecule has 1 aromatic rings. The smallest absolute Gasteiger partial charge is 0.313 e. The highest BCUT2D eigenvalue weighted by atomic mass is 19.1. The Hall–Kier alpha value is -1.42. The molecule has 0 amide bonds. The van der Waals surface area contributed by atoms with Crippen LogP contribution in [0.5, 0.6) is 0 Å². The molecule has 4 heteroatoms. The van der Waals surface area contributed by atoms with E-state index in [0.717, 1.165) is 5.56 Å². The molecule has 0 bridgehead atoms. The van der Waals surface area contributed by atoms with Gasteiger partial charge in [0.1, 0.15) is 12.8 Å². The normalized spacial score (nSPS) is 14.2. The summed E-state index contributed by atoms with van der Waals surface area (Å²) in [5.74, 6) is -0.812. The molecule has 0 radical (unpaired) electrons. The minimum Gasteiger partial charge on any atom is -0.462 e. The lowest BCUT2D eigenvalue weighted by Gasteiger charge is -2.12. The van der Waals surface area contributed by atoms with Crippen molar-refractivity contribution in [2.45, 2.75) is 19.0 Å². The number of ether oxygens (including phenoxy) is 1. The number of hydrogen-bond acceptors (Lipinski definition) is 3. The molecular formula is C12H16FNO2. The Morgan fingerprint density at radius 2 is 2.06 bits per heavy atom. The van der Waals surface area contributed by atoms with E-state index in [1.165, 1.54) is 0 Å². The van der Waals surface area contributed by atoms with Crippen LogP contribution in [0, 0.1) is 0 Å². The molecule has 88 valence electrons. The van der Waals surface area contributed by atoms with Crippen molar-refractivity contribution < 1.29 is 13.9 Å². The number of carbonyl (C=O) groups excluding carboxylic acids is 1. The van der Waals surface area contributed by atoms with Crippen LogP contribution in [0.1, 0.15) is 18.4 Å². The summed E-state index contributed by atoms with van der Waals surface area (Å²) in [6.07, 6.45) is -1.29. The highest BCUT2D eigenvalue weighted by Crippen LogP contribution is 2.16. The SMILES string of the molecule is CC(C(=O)OCC(F)CN)c1ccccc1. The van der Waals surface area contributed by atoms with Gasteiger partial charge in [-0.3, -0.25) is 4.79 Å². The minimum atomic E-state index is -1.29. The zero-order valence-electron chi connectivity index (χ0n) is 9.23. The van der Waals surface area contributed by atoms with Crippen LogP contribution in [-0.4, -0.2) is 25.3 Å². The zero-order valence-corrected chi connectivity index (χ0v) is 9.23. The molecule has 0 aliphatic carbocycles. The van der Waals surface area contributed by atoms with E-state index in [-0.39, 0.29) is 19.1 Å². The van der Waals surface area contributed by atoms with Crippen LogP contribution in [0.3, 0.4) is 0 Å². The predicted molar refractivity (Wildman–Crippen MR) is 59.8 cm³/mol. The van der Waals surface area contributed by atoms with Gasteiger partial charge in [-0.05, 0) is 12.5 Å². The fourth-order valence-corrected chi connectivity index (χ4v) is 1.24. The summed E-state index contributed by atoms with van der Waals surface area (Å²) in [6.45, 7) is 1.33. The maximum atomic E-state index is 12.8. The molecule has 0 saturated carbocycles. The summed E-state index contributed by atoms with van der Waals surface area (Å²) in [4.78, 5) is 11.5. The molecule has 0 aliphatic heterocycles. The fourth-order valence-electron chi connectivity index (χ4n) is 1.24. The van der Waals surface area contributed by atoms with Crippen molar-refractivity contribution in [2.75, 3.05) is 13.2 Å². The molecule has 0 spiro atoms. The van der Waals surface area contributed by atoms with Crippen LogP contribution in [0.2, 0.25) is 0 Å². The molecule has 1 rings (SSSR count). The number of esters is 1. The van der Waals surface area contributed by atoms with Crippen molar-refractivity contribution in [3.63, 3.8) is 0 Å². The molecule has 16 heavy (non-hydrogen) atoms. The number of rotatable bonds is 5. The lowest BCUT2D eigenvalue weighted by molar-refractivity contribution is -0.146. The summed E-state index contributed by atoms with van der Waals surface area (Å²) >= 11 is 0. The van der Waals surface area contributed by atoms with E-state index in [0.29, 0.717) is 0 Å². The van der Waals surface area contributed by atoms with Gasteiger partial charge in [0, 0.05) is 6.54 Å². The number of carbonyl (C=O) groups is 1. The molecule has 0 saturated heterocycles. The van der Waals surface area contributed by atoms with Crippen LogP contribution >= 0.6 is 0 Å². The van der Waals surface area contributed by atoms with Crippen molar-refractivity contribution in [3.8, 4) is 0 Å². The third kappa shape index (κ3) is 3.62. The van der Waals surface area contributed by atoms with Gasteiger partial charge in [0.25, 0.3) is 0 Å². The molecule has 0 heterocycles. The molecule has 2 unspecified atom stereocenters. The van der Waals surface area contributed by atoms with Crippen LogP contribution in [-0.2, 0) is 9.53 Å². The monoisotopic (exact) mass is 225 g/mol. The second kappa shape index (κ2) is 6.23. The van der Waals surface area contributed by atoms with Crippen LogP contribution in [0.4, 0.5) is 4.39 Å². The van der Waals surface area contributed by atoms with Gasteiger partial charge in [-0.15, -0.1) is 0 Å². The highest BCUT2D eigenvalue weighted by molar-refractivity contribution is 5.77. The highest BCUT2D eigenvalue weighted by Gasteiger charge is 2.17. The Morgan fingerprint density at radius 1 is 1.44 bits per heavy atom.